The highest BCUT2D eigenvalue weighted by molar-refractivity contribution is 7.68. The second-order valence-corrected chi connectivity index (χ2v) is 20.2. The minimum absolute atomic E-state index is 0.0261. The first-order chi connectivity index (χ1) is 26.1. The van der Waals surface area contributed by atoms with Gasteiger partial charge in [-0.2, -0.15) is 0 Å². The molecule has 3 unspecified atom stereocenters. The van der Waals surface area contributed by atoms with Crippen molar-refractivity contribution in [1.82, 2.24) is 10.2 Å². The van der Waals surface area contributed by atoms with E-state index in [9.17, 15) is 13.7 Å². The fourth-order valence-corrected chi connectivity index (χ4v) is 13.1. The van der Waals surface area contributed by atoms with E-state index in [1.807, 2.05) is 165 Å². The second kappa shape index (κ2) is 15.6. The maximum Gasteiger partial charge on any atom is 0.291 e. The molecule has 3 heterocycles. The van der Waals surface area contributed by atoms with Gasteiger partial charge in [0.1, 0.15) is 17.2 Å². The summed E-state index contributed by atoms with van der Waals surface area (Å²) in [5.74, 6) is 2.07. The van der Waals surface area contributed by atoms with Gasteiger partial charge in [0.25, 0.3) is 22.1 Å². The van der Waals surface area contributed by atoms with E-state index in [1.165, 1.54) is 0 Å². The lowest BCUT2D eigenvalue weighted by Crippen LogP contribution is -2.25. The molecule has 6 aromatic carbocycles. The molecule has 276 valence electrons. The van der Waals surface area contributed by atoms with Crippen LogP contribution in [0.1, 0.15) is 0 Å². The fraction of sp³-hybridized carbons (Fsp3) is 0.143. The van der Waals surface area contributed by atoms with Crippen LogP contribution in [0, 0.1) is 0 Å². The SMILES string of the molecule is CN(C)CP1(=O)Oc2ccccc2-c2ccccc21.CNCP1(=O)Oc2ccccc2-c2ccccc21.NCP1(=O)Oc2ccccc2-c2ccccc21. The Morgan fingerprint density at radius 1 is 0.481 bits per heavy atom. The highest BCUT2D eigenvalue weighted by atomic mass is 31.2. The largest absolute Gasteiger partial charge is 0.438 e. The van der Waals surface area contributed by atoms with E-state index in [0.29, 0.717) is 29.8 Å². The fourth-order valence-electron chi connectivity index (χ4n) is 6.86. The van der Waals surface area contributed by atoms with Crippen LogP contribution in [0.3, 0.4) is 0 Å². The Morgan fingerprint density at radius 3 is 1.19 bits per heavy atom. The Morgan fingerprint density at radius 2 is 0.796 bits per heavy atom. The van der Waals surface area contributed by atoms with Crippen molar-refractivity contribution in [2.75, 3.05) is 40.0 Å². The molecule has 3 aliphatic heterocycles. The zero-order chi connectivity index (χ0) is 37.9. The molecule has 0 fully saturated rings. The number of hydrogen-bond donors (Lipinski definition) is 2. The number of para-hydroxylation sites is 3. The quantitative estimate of drug-likeness (QED) is 0.166. The number of hydrogen-bond acceptors (Lipinski definition) is 9. The van der Waals surface area contributed by atoms with Crippen LogP contribution in [0.4, 0.5) is 0 Å². The number of rotatable bonds is 5. The molecule has 0 bridgehead atoms. The number of fused-ring (bicyclic) bond motifs is 9. The molecule has 3 atom stereocenters. The molecule has 54 heavy (non-hydrogen) atoms. The van der Waals surface area contributed by atoms with Crippen molar-refractivity contribution in [3.05, 3.63) is 146 Å². The highest BCUT2D eigenvalue weighted by Gasteiger charge is 2.37. The maximum atomic E-state index is 13.2. The van der Waals surface area contributed by atoms with Gasteiger partial charge in [0, 0.05) is 16.7 Å². The summed E-state index contributed by atoms with van der Waals surface area (Å²) in [5, 5.41) is 5.31. The summed E-state index contributed by atoms with van der Waals surface area (Å²) in [6.07, 6.45) is 0.787. The Balaban J connectivity index is 0.000000125. The zero-order valence-corrected chi connectivity index (χ0v) is 33.0. The molecule has 9 nitrogen and oxygen atoms in total. The predicted octanol–water partition coefficient (Wildman–Crippen LogP) is 8.56. The first-order valence-corrected chi connectivity index (χ1v) is 22.9. The Bertz CT molecular complexity index is 2470. The van der Waals surface area contributed by atoms with E-state index < -0.39 is 22.1 Å². The van der Waals surface area contributed by atoms with Crippen LogP contribution in [0.2, 0.25) is 0 Å². The summed E-state index contributed by atoms with van der Waals surface area (Å²) in [6.45, 7) is 0. The van der Waals surface area contributed by atoms with E-state index in [0.717, 1.165) is 49.3 Å². The lowest BCUT2D eigenvalue weighted by molar-refractivity contribution is 0.424. The molecule has 0 aromatic heterocycles. The van der Waals surface area contributed by atoms with Gasteiger partial charge in [0.2, 0.25) is 0 Å². The van der Waals surface area contributed by atoms with Crippen molar-refractivity contribution in [3.63, 3.8) is 0 Å². The first kappa shape index (κ1) is 37.6. The predicted molar refractivity (Wildman–Crippen MR) is 221 cm³/mol. The molecule has 0 saturated carbocycles. The van der Waals surface area contributed by atoms with E-state index >= 15 is 0 Å². The number of nitrogens with two attached hydrogens (primary N) is 1. The molecule has 0 saturated heterocycles. The van der Waals surface area contributed by atoms with Crippen molar-refractivity contribution < 1.29 is 27.3 Å². The van der Waals surface area contributed by atoms with Crippen LogP contribution in [0.15, 0.2) is 146 Å². The number of nitrogens with zero attached hydrogens (tertiary/aromatic N) is 1. The van der Waals surface area contributed by atoms with Gasteiger partial charge in [-0.3, -0.25) is 18.6 Å². The third-order valence-corrected chi connectivity index (χ3v) is 16.2. The van der Waals surface area contributed by atoms with E-state index in [1.54, 1.807) is 7.05 Å². The standard InChI is InChI=1S/C15H16NO2P.C14H14NO2P.C13H12NO2P/c1-16(2)11-19(17)15-10-6-4-8-13(15)12-7-3-5-9-14(12)18-19;1-15-10-18(16)14-9-5-3-7-12(14)11-6-2-4-8-13(11)17-18;14-9-17(15)13-8-4-2-6-11(13)10-5-1-3-7-12(10)16-17/h3-10H,11H2,1-2H3;2-9,15H,10H2,1H3;1-8H,9,14H2. The van der Waals surface area contributed by atoms with Crippen molar-refractivity contribution >= 4 is 38.0 Å². The number of benzene rings is 6. The van der Waals surface area contributed by atoms with Gasteiger partial charge >= 0.3 is 0 Å². The summed E-state index contributed by atoms with van der Waals surface area (Å²) < 4.78 is 56.0. The summed E-state index contributed by atoms with van der Waals surface area (Å²) in [5.41, 5.74) is 11.6. The Hall–Kier alpha value is -4.71. The molecule has 3 aliphatic rings. The second-order valence-electron chi connectivity index (χ2n) is 13.2. The summed E-state index contributed by atoms with van der Waals surface area (Å²) in [6, 6.07) is 46.3. The molecule has 0 radical (unpaired) electrons. The maximum absolute atomic E-state index is 13.2. The van der Waals surface area contributed by atoms with E-state index in [2.05, 4.69) is 5.32 Å². The minimum atomic E-state index is -2.94. The first-order valence-electron chi connectivity index (χ1n) is 17.5. The minimum Gasteiger partial charge on any atom is -0.438 e. The lowest BCUT2D eigenvalue weighted by Gasteiger charge is -2.30. The van der Waals surface area contributed by atoms with Gasteiger partial charge < -0.3 is 24.6 Å². The van der Waals surface area contributed by atoms with Gasteiger partial charge in [-0.15, -0.1) is 0 Å². The molecule has 0 spiro atoms. The van der Waals surface area contributed by atoms with Gasteiger partial charge in [-0.25, -0.2) is 0 Å². The van der Waals surface area contributed by atoms with Crippen molar-refractivity contribution in [2.24, 2.45) is 5.73 Å². The smallest absolute Gasteiger partial charge is 0.291 e. The average Bonchev–Trinajstić information content (AvgIpc) is 3.19. The van der Waals surface area contributed by atoms with Crippen LogP contribution in [0.5, 0.6) is 17.2 Å². The summed E-state index contributed by atoms with van der Waals surface area (Å²) in [4.78, 5) is 1.91. The van der Waals surface area contributed by atoms with Crippen LogP contribution >= 0.6 is 22.1 Å². The van der Waals surface area contributed by atoms with Crippen LogP contribution in [-0.2, 0) is 13.7 Å². The third kappa shape index (κ3) is 7.24. The summed E-state index contributed by atoms with van der Waals surface area (Å²) >= 11 is 0. The molecule has 3 N–H and O–H groups in total. The van der Waals surface area contributed by atoms with Crippen molar-refractivity contribution in [1.29, 1.82) is 0 Å². The van der Waals surface area contributed by atoms with E-state index in [-0.39, 0.29) is 6.29 Å². The van der Waals surface area contributed by atoms with Gasteiger partial charge in [0.15, 0.2) is 0 Å². The van der Waals surface area contributed by atoms with Crippen LogP contribution in [0.25, 0.3) is 33.4 Å². The molecular weight excluding hydrogens is 735 g/mol. The topological polar surface area (TPSA) is 120 Å². The van der Waals surface area contributed by atoms with Crippen molar-refractivity contribution in [3.8, 4) is 50.6 Å². The molecule has 9 rings (SSSR count). The van der Waals surface area contributed by atoms with Crippen LogP contribution < -0.4 is 40.5 Å². The number of nitrogens with one attached hydrogen (secondary N) is 1. The zero-order valence-electron chi connectivity index (χ0n) is 30.3. The molecule has 6 aromatic rings. The lowest BCUT2D eigenvalue weighted by atomic mass is 10.0. The van der Waals surface area contributed by atoms with Crippen LogP contribution in [-0.4, -0.2) is 44.9 Å². The highest BCUT2D eigenvalue weighted by Crippen LogP contribution is 2.56. The molecule has 12 heteroatoms. The molecule has 0 amide bonds. The van der Waals surface area contributed by atoms with Gasteiger partial charge in [0.05, 0.1) is 34.8 Å². The normalized spacial score (nSPS) is 20.8. The van der Waals surface area contributed by atoms with Gasteiger partial charge in [-0.1, -0.05) is 109 Å². The monoisotopic (exact) mass is 777 g/mol. The van der Waals surface area contributed by atoms with E-state index in [4.69, 9.17) is 19.3 Å². The third-order valence-electron chi connectivity index (χ3n) is 9.16. The molecule has 0 aliphatic carbocycles. The van der Waals surface area contributed by atoms with Gasteiger partial charge in [-0.05, 0) is 74.2 Å². The molecular formula is C42H42N3O6P3. The Labute approximate surface area is 316 Å². The average molecular weight is 778 g/mol. The summed E-state index contributed by atoms with van der Waals surface area (Å²) in [7, 11) is -3.05. The van der Waals surface area contributed by atoms with Crippen molar-refractivity contribution in [2.45, 2.75) is 0 Å². The Kier molecular flexibility index (Phi) is 10.8.